The third-order valence-corrected chi connectivity index (χ3v) is 3.01. The van der Waals surface area contributed by atoms with Gasteiger partial charge < -0.3 is 9.47 Å². The number of hydrogen-bond acceptors (Lipinski definition) is 4. The third kappa shape index (κ3) is 4.21. The molecule has 0 bridgehead atoms. The van der Waals surface area contributed by atoms with E-state index in [-0.39, 0.29) is 5.69 Å². The van der Waals surface area contributed by atoms with E-state index < -0.39 is 4.92 Å². The first-order valence-electron chi connectivity index (χ1n) is 6.63. The second-order valence-corrected chi connectivity index (χ2v) is 4.72. The molecule has 0 saturated heterocycles. The topological polar surface area (TPSA) is 61.6 Å². The lowest BCUT2D eigenvalue weighted by Crippen LogP contribution is -2.09. The highest BCUT2D eigenvalue weighted by Crippen LogP contribution is 2.23. The summed E-state index contributed by atoms with van der Waals surface area (Å²) < 4.78 is 11.1. The number of ether oxygens (including phenoxy) is 2. The van der Waals surface area contributed by atoms with Crippen molar-refractivity contribution in [2.45, 2.75) is 13.8 Å². The van der Waals surface area contributed by atoms with E-state index in [1.807, 2.05) is 31.2 Å². The molecule has 0 aliphatic heterocycles. The highest BCUT2D eigenvalue weighted by molar-refractivity contribution is 5.44. The fourth-order valence-corrected chi connectivity index (χ4v) is 1.88. The summed E-state index contributed by atoms with van der Waals surface area (Å²) in [4.78, 5) is 10.3. The molecule has 0 saturated carbocycles. The van der Waals surface area contributed by atoms with Gasteiger partial charge in [-0.3, -0.25) is 10.1 Å². The molecule has 0 fully saturated rings. The molecule has 0 heterocycles. The Labute approximate surface area is 123 Å². The Kier molecular flexibility index (Phi) is 4.77. The maximum absolute atomic E-state index is 10.7. The van der Waals surface area contributed by atoms with Crippen LogP contribution in [0.5, 0.6) is 11.5 Å². The van der Waals surface area contributed by atoms with Crippen molar-refractivity contribution in [2.75, 3.05) is 13.2 Å². The van der Waals surface area contributed by atoms with Gasteiger partial charge in [0, 0.05) is 11.6 Å². The minimum absolute atomic E-state index is 0.0956. The van der Waals surface area contributed by atoms with Crippen LogP contribution in [0.25, 0.3) is 0 Å². The largest absolute Gasteiger partial charge is 0.490 e. The van der Waals surface area contributed by atoms with Crippen molar-refractivity contribution in [3.8, 4) is 11.5 Å². The predicted octanol–water partition coefficient (Wildman–Crippen LogP) is 3.67. The summed E-state index contributed by atoms with van der Waals surface area (Å²) in [6.45, 7) is 4.50. The second-order valence-electron chi connectivity index (χ2n) is 4.72. The first kappa shape index (κ1) is 14.8. The molecule has 0 atom stereocenters. The molecular formula is C16H17NO4. The van der Waals surface area contributed by atoms with Gasteiger partial charge in [-0.25, -0.2) is 0 Å². The highest BCUT2D eigenvalue weighted by atomic mass is 16.6. The van der Waals surface area contributed by atoms with Crippen LogP contribution in [-0.2, 0) is 0 Å². The number of nitro benzene ring substituents is 1. The molecule has 2 rings (SSSR count). The van der Waals surface area contributed by atoms with E-state index in [4.69, 9.17) is 9.47 Å². The Hall–Kier alpha value is -2.56. The average molecular weight is 287 g/mol. The lowest BCUT2D eigenvalue weighted by Gasteiger charge is -2.09. The molecule has 0 spiro atoms. The maximum atomic E-state index is 10.7. The Morgan fingerprint density at radius 2 is 1.52 bits per heavy atom. The van der Waals surface area contributed by atoms with Gasteiger partial charge in [-0.2, -0.15) is 0 Å². The van der Waals surface area contributed by atoms with Gasteiger partial charge in [0.15, 0.2) is 0 Å². The van der Waals surface area contributed by atoms with Gasteiger partial charge in [0.1, 0.15) is 24.7 Å². The van der Waals surface area contributed by atoms with E-state index in [1.165, 1.54) is 11.6 Å². The summed E-state index contributed by atoms with van der Waals surface area (Å²) in [7, 11) is 0. The summed E-state index contributed by atoms with van der Waals surface area (Å²) in [5.41, 5.74) is 1.86. The summed E-state index contributed by atoms with van der Waals surface area (Å²) in [6.07, 6.45) is 0. The quantitative estimate of drug-likeness (QED) is 0.462. The minimum atomic E-state index is -0.403. The van der Waals surface area contributed by atoms with Crippen molar-refractivity contribution in [2.24, 2.45) is 0 Å². The van der Waals surface area contributed by atoms with Crippen LogP contribution in [0, 0.1) is 24.0 Å². The van der Waals surface area contributed by atoms with Crippen molar-refractivity contribution >= 4 is 5.69 Å². The number of hydrogen-bond donors (Lipinski definition) is 0. The Morgan fingerprint density at radius 3 is 2.10 bits per heavy atom. The Balaban J connectivity index is 1.82. The lowest BCUT2D eigenvalue weighted by molar-refractivity contribution is -0.385. The zero-order valence-corrected chi connectivity index (χ0v) is 12.0. The monoisotopic (exact) mass is 287 g/mol. The van der Waals surface area contributed by atoms with Crippen LogP contribution in [0.3, 0.4) is 0 Å². The normalized spacial score (nSPS) is 10.2. The maximum Gasteiger partial charge on any atom is 0.272 e. The van der Waals surface area contributed by atoms with E-state index in [1.54, 1.807) is 19.1 Å². The summed E-state index contributed by atoms with van der Waals surface area (Å²) in [5.74, 6) is 1.40. The molecule has 5 nitrogen and oxygen atoms in total. The van der Waals surface area contributed by atoms with Gasteiger partial charge in [0.25, 0.3) is 5.69 Å². The molecule has 110 valence electrons. The molecule has 0 N–H and O–H groups in total. The van der Waals surface area contributed by atoms with Crippen molar-refractivity contribution in [1.29, 1.82) is 0 Å². The first-order valence-corrected chi connectivity index (χ1v) is 6.63. The van der Waals surface area contributed by atoms with Gasteiger partial charge in [0.2, 0.25) is 0 Å². The molecule has 0 aliphatic rings. The fraction of sp³-hybridized carbons (Fsp3) is 0.250. The predicted molar refractivity (Wildman–Crippen MR) is 80.0 cm³/mol. The van der Waals surface area contributed by atoms with E-state index in [2.05, 4.69) is 0 Å². The number of benzene rings is 2. The lowest BCUT2D eigenvalue weighted by atomic mass is 10.2. The van der Waals surface area contributed by atoms with Crippen LogP contribution < -0.4 is 9.47 Å². The summed E-state index contributed by atoms with van der Waals surface area (Å²) in [6, 6.07) is 12.5. The SMILES string of the molecule is Cc1ccc(OCCOc2ccc([N+](=O)[O-])c(C)c2)cc1. The van der Waals surface area contributed by atoms with Crippen LogP contribution in [-0.4, -0.2) is 18.1 Å². The first-order chi connectivity index (χ1) is 10.1. The molecule has 2 aromatic carbocycles. The number of aryl methyl sites for hydroxylation is 2. The van der Waals surface area contributed by atoms with Crippen LogP contribution in [0.4, 0.5) is 5.69 Å². The summed E-state index contributed by atoms with van der Waals surface area (Å²) >= 11 is 0. The second kappa shape index (κ2) is 6.74. The summed E-state index contributed by atoms with van der Waals surface area (Å²) in [5, 5.41) is 10.7. The smallest absolute Gasteiger partial charge is 0.272 e. The molecular weight excluding hydrogens is 270 g/mol. The van der Waals surface area contributed by atoms with Crippen LogP contribution >= 0.6 is 0 Å². The van der Waals surface area contributed by atoms with E-state index in [0.717, 1.165) is 5.75 Å². The van der Waals surface area contributed by atoms with E-state index in [9.17, 15) is 10.1 Å². The molecule has 0 unspecified atom stereocenters. The molecule has 0 radical (unpaired) electrons. The Morgan fingerprint density at radius 1 is 0.952 bits per heavy atom. The highest BCUT2D eigenvalue weighted by Gasteiger charge is 2.10. The fourth-order valence-electron chi connectivity index (χ4n) is 1.88. The Bertz CT molecular complexity index is 623. The van der Waals surface area contributed by atoms with Gasteiger partial charge in [0.05, 0.1) is 4.92 Å². The molecule has 2 aromatic rings. The zero-order valence-electron chi connectivity index (χ0n) is 12.0. The van der Waals surface area contributed by atoms with Gasteiger partial charge in [-0.15, -0.1) is 0 Å². The van der Waals surface area contributed by atoms with Gasteiger partial charge in [-0.1, -0.05) is 17.7 Å². The number of nitrogens with zero attached hydrogens (tertiary/aromatic N) is 1. The molecule has 0 aromatic heterocycles. The van der Waals surface area contributed by atoms with E-state index >= 15 is 0 Å². The van der Waals surface area contributed by atoms with Crippen molar-refractivity contribution in [3.63, 3.8) is 0 Å². The van der Waals surface area contributed by atoms with Gasteiger partial charge >= 0.3 is 0 Å². The zero-order chi connectivity index (χ0) is 15.2. The molecule has 5 heteroatoms. The van der Waals surface area contributed by atoms with Crippen molar-refractivity contribution < 1.29 is 14.4 Å². The molecule has 0 amide bonds. The average Bonchev–Trinajstić information content (AvgIpc) is 2.45. The van der Waals surface area contributed by atoms with Crippen LogP contribution in [0.15, 0.2) is 42.5 Å². The van der Waals surface area contributed by atoms with Crippen LogP contribution in [0.2, 0.25) is 0 Å². The standard InChI is InChI=1S/C16H17NO4/c1-12-3-5-14(6-4-12)20-9-10-21-15-7-8-16(17(18)19)13(2)11-15/h3-8,11H,9-10H2,1-2H3. The minimum Gasteiger partial charge on any atom is -0.490 e. The van der Waals surface area contributed by atoms with E-state index in [0.29, 0.717) is 24.5 Å². The number of nitro groups is 1. The third-order valence-electron chi connectivity index (χ3n) is 3.01. The molecule has 0 aliphatic carbocycles. The van der Waals surface area contributed by atoms with Crippen molar-refractivity contribution in [1.82, 2.24) is 0 Å². The van der Waals surface area contributed by atoms with Crippen LogP contribution in [0.1, 0.15) is 11.1 Å². The van der Waals surface area contributed by atoms with Gasteiger partial charge in [-0.05, 0) is 38.1 Å². The number of rotatable bonds is 6. The molecule has 21 heavy (non-hydrogen) atoms. The van der Waals surface area contributed by atoms with Crippen molar-refractivity contribution in [3.05, 3.63) is 63.7 Å².